The number of benzene rings is 2. The quantitative estimate of drug-likeness (QED) is 0.535. The van der Waals surface area contributed by atoms with Crippen LogP contribution >= 0.6 is 0 Å². The third-order valence-electron chi connectivity index (χ3n) is 4.63. The molecule has 1 aromatic heterocycles. The molecule has 6 heteroatoms. The summed E-state index contributed by atoms with van der Waals surface area (Å²) in [4.78, 5) is 20.5. The number of amides is 1. The zero-order chi connectivity index (χ0) is 18.8. The van der Waals surface area contributed by atoms with Crippen molar-refractivity contribution in [3.8, 4) is 5.75 Å². The van der Waals surface area contributed by atoms with Crippen molar-refractivity contribution in [2.24, 2.45) is 0 Å². The van der Waals surface area contributed by atoms with Crippen LogP contribution in [0.3, 0.4) is 0 Å². The van der Waals surface area contributed by atoms with Crippen molar-refractivity contribution in [2.75, 3.05) is 12.4 Å². The van der Waals surface area contributed by atoms with Crippen molar-refractivity contribution in [3.05, 3.63) is 77.8 Å². The molecule has 27 heavy (non-hydrogen) atoms. The van der Waals surface area contributed by atoms with Gasteiger partial charge in [-0.05, 0) is 55.0 Å². The number of hydrogen-bond acceptors (Lipinski definition) is 4. The third kappa shape index (κ3) is 3.55. The second kappa shape index (κ2) is 6.99. The van der Waals surface area contributed by atoms with E-state index >= 15 is 0 Å². The van der Waals surface area contributed by atoms with Gasteiger partial charge in [0.05, 0.1) is 11.0 Å². The van der Waals surface area contributed by atoms with Gasteiger partial charge in [0.2, 0.25) is 0 Å². The van der Waals surface area contributed by atoms with E-state index in [4.69, 9.17) is 0 Å². The Morgan fingerprint density at radius 2 is 2.04 bits per heavy atom. The molecule has 0 saturated carbocycles. The van der Waals surface area contributed by atoms with Gasteiger partial charge in [-0.3, -0.25) is 4.79 Å². The Labute approximate surface area is 156 Å². The minimum absolute atomic E-state index is 0.160. The molecule has 4 rings (SSSR count). The molecule has 0 saturated heterocycles. The minimum atomic E-state index is -0.210. The molecule has 6 nitrogen and oxygen atoms in total. The number of aromatic nitrogens is 2. The van der Waals surface area contributed by atoms with Gasteiger partial charge < -0.3 is 20.7 Å². The maximum atomic E-state index is 12.5. The Kier molecular flexibility index (Phi) is 4.38. The second-order valence-corrected chi connectivity index (χ2v) is 6.47. The highest BCUT2D eigenvalue weighted by molar-refractivity contribution is 6.05. The van der Waals surface area contributed by atoms with Crippen molar-refractivity contribution in [3.63, 3.8) is 0 Å². The van der Waals surface area contributed by atoms with Crippen LogP contribution in [0.5, 0.6) is 5.75 Å². The number of imidazole rings is 1. The first-order chi connectivity index (χ1) is 13.1. The van der Waals surface area contributed by atoms with E-state index in [-0.39, 0.29) is 17.6 Å². The average molecular weight is 360 g/mol. The summed E-state index contributed by atoms with van der Waals surface area (Å²) in [5, 5.41) is 15.3. The molecule has 1 heterocycles. The predicted molar refractivity (Wildman–Crippen MR) is 106 cm³/mol. The number of hydrogen-bond donors (Lipinski definition) is 4. The van der Waals surface area contributed by atoms with Crippen LogP contribution in [0.15, 0.2) is 66.4 Å². The number of allylic oxidation sites excluding steroid dienone is 3. The van der Waals surface area contributed by atoms with Crippen molar-refractivity contribution < 1.29 is 9.90 Å². The molecule has 4 N–H and O–H groups in total. The van der Waals surface area contributed by atoms with Crippen molar-refractivity contribution >= 4 is 22.6 Å². The van der Waals surface area contributed by atoms with Crippen LogP contribution in [0.25, 0.3) is 11.0 Å². The zero-order valence-corrected chi connectivity index (χ0v) is 14.9. The molecule has 0 fully saturated rings. The van der Waals surface area contributed by atoms with E-state index in [1.54, 1.807) is 18.2 Å². The average Bonchev–Trinajstić information content (AvgIpc) is 3.13. The van der Waals surface area contributed by atoms with Gasteiger partial charge in [0.1, 0.15) is 11.6 Å². The fourth-order valence-electron chi connectivity index (χ4n) is 3.10. The first-order valence-electron chi connectivity index (χ1n) is 8.78. The van der Waals surface area contributed by atoms with Gasteiger partial charge >= 0.3 is 0 Å². The van der Waals surface area contributed by atoms with Gasteiger partial charge in [0.25, 0.3) is 5.91 Å². The van der Waals surface area contributed by atoms with Crippen LogP contribution in [0.1, 0.15) is 28.5 Å². The van der Waals surface area contributed by atoms with Gasteiger partial charge in [-0.25, -0.2) is 4.98 Å². The molecule has 1 aliphatic carbocycles. The number of nitrogens with zero attached hydrogens (tertiary/aromatic N) is 1. The molecule has 1 atom stereocenters. The summed E-state index contributed by atoms with van der Waals surface area (Å²) in [5.41, 5.74) is 3.95. The lowest BCUT2D eigenvalue weighted by Gasteiger charge is -2.13. The highest BCUT2D eigenvalue weighted by Gasteiger charge is 2.16. The molecule has 0 radical (unpaired) electrons. The lowest BCUT2D eigenvalue weighted by atomic mass is 9.99. The Morgan fingerprint density at radius 1 is 1.22 bits per heavy atom. The summed E-state index contributed by atoms with van der Waals surface area (Å²) in [6.07, 6.45) is 7.20. The Hall–Kier alpha value is -3.54. The first kappa shape index (κ1) is 16.9. The molecule has 0 bridgehead atoms. The van der Waals surface area contributed by atoms with Crippen molar-refractivity contribution in [1.82, 2.24) is 15.3 Å². The van der Waals surface area contributed by atoms with E-state index in [0.717, 1.165) is 29.0 Å². The molecular weight excluding hydrogens is 340 g/mol. The van der Waals surface area contributed by atoms with E-state index in [0.29, 0.717) is 11.3 Å². The second-order valence-electron chi connectivity index (χ2n) is 6.47. The Balaban J connectivity index is 1.54. The molecule has 1 amide bonds. The molecule has 1 unspecified atom stereocenters. The largest absolute Gasteiger partial charge is 0.508 e. The number of phenolic OH excluding ortho intramolecular Hbond substituents is 1. The highest BCUT2D eigenvalue weighted by atomic mass is 16.3. The number of nitrogens with one attached hydrogen (secondary N) is 3. The van der Waals surface area contributed by atoms with Crippen LogP contribution in [0.2, 0.25) is 0 Å². The Morgan fingerprint density at radius 3 is 2.74 bits per heavy atom. The SMILES string of the molecule is CNC1=CCC(c2nc3ccc(C(=O)Nc4ccc(O)cc4)cc3[nH]2)C=C1. The number of anilines is 1. The van der Waals surface area contributed by atoms with Gasteiger partial charge in [0, 0.05) is 29.9 Å². The number of carbonyl (C=O) groups is 1. The fourth-order valence-corrected chi connectivity index (χ4v) is 3.10. The summed E-state index contributed by atoms with van der Waals surface area (Å²) in [7, 11) is 1.91. The Bertz CT molecular complexity index is 1050. The summed E-state index contributed by atoms with van der Waals surface area (Å²) < 4.78 is 0. The van der Waals surface area contributed by atoms with Crippen LogP contribution in [0, 0.1) is 0 Å². The van der Waals surface area contributed by atoms with Crippen LogP contribution in [0.4, 0.5) is 5.69 Å². The summed E-state index contributed by atoms with van der Waals surface area (Å²) in [6, 6.07) is 11.8. The van der Waals surface area contributed by atoms with Crippen LogP contribution < -0.4 is 10.6 Å². The van der Waals surface area contributed by atoms with Crippen molar-refractivity contribution in [2.45, 2.75) is 12.3 Å². The molecule has 0 spiro atoms. The number of likely N-dealkylation sites (N-methyl/N-ethyl adjacent to an activating group) is 1. The molecular formula is C21H20N4O2. The molecule has 0 aliphatic heterocycles. The minimum Gasteiger partial charge on any atom is -0.508 e. The predicted octanol–water partition coefficient (Wildman–Crippen LogP) is 3.67. The van der Waals surface area contributed by atoms with Crippen LogP contribution in [-0.2, 0) is 0 Å². The summed E-state index contributed by atoms with van der Waals surface area (Å²) in [6.45, 7) is 0. The zero-order valence-electron chi connectivity index (χ0n) is 14.9. The van der Waals surface area contributed by atoms with Gasteiger partial charge in [-0.2, -0.15) is 0 Å². The van der Waals surface area contributed by atoms with E-state index < -0.39 is 0 Å². The maximum Gasteiger partial charge on any atom is 0.255 e. The smallest absolute Gasteiger partial charge is 0.255 e. The van der Waals surface area contributed by atoms with E-state index in [2.05, 4.69) is 38.8 Å². The van der Waals surface area contributed by atoms with E-state index in [1.165, 1.54) is 12.1 Å². The van der Waals surface area contributed by atoms with Crippen molar-refractivity contribution in [1.29, 1.82) is 0 Å². The number of phenols is 1. The molecule has 3 aromatic rings. The summed E-state index contributed by atoms with van der Waals surface area (Å²) in [5.74, 6) is 1.04. The number of aromatic amines is 1. The lowest BCUT2D eigenvalue weighted by molar-refractivity contribution is 0.102. The fraction of sp³-hybridized carbons (Fsp3) is 0.143. The standard InChI is InChI=1S/C21H20N4O2/c1-22-15-5-2-13(3-6-15)20-24-18-11-4-14(12-19(18)25-20)21(27)23-16-7-9-17(26)10-8-16/h2,4-13,22,26H,3H2,1H3,(H,23,27)(H,24,25). The number of aromatic hydroxyl groups is 1. The van der Waals surface area contributed by atoms with E-state index in [1.807, 2.05) is 19.2 Å². The number of carbonyl (C=O) groups excluding carboxylic acids is 1. The van der Waals surface area contributed by atoms with Gasteiger partial charge in [-0.15, -0.1) is 0 Å². The number of fused-ring (bicyclic) bond motifs is 1. The van der Waals surface area contributed by atoms with Gasteiger partial charge in [-0.1, -0.05) is 12.2 Å². The molecule has 1 aliphatic rings. The summed E-state index contributed by atoms with van der Waals surface area (Å²) >= 11 is 0. The normalized spacial score (nSPS) is 16.2. The first-order valence-corrected chi connectivity index (χ1v) is 8.78. The highest BCUT2D eigenvalue weighted by Crippen LogP contribution is 2.26. The third-order valence-corrected chi connectivity index (χ3v) is 4.63. The molecule has 136 valence electrons. The number of rotatable bonds is 4. The monoisotopic (exact) mass is 360 g/mol. The van der Waals surface area contributed by atoms with Gasteiger partial charge in [0.15, 0.2) is 0 Å². The lowest BCUT2D eigenvalue weighted by Crippen LogP contribution is -2.11. The maximum absolute atomic E-state index is 12.5. The molecule has 2 aromatic carbocycles. The van der Waals surface area contributed by atoms with Crippen LogP contribution in [-0.4, -0.2) is 28.0 Å². The topological polar surface area (TPSA) is 90.0 Å². The number of H-pyrrole nitrogens is 1. The van der Waals surface area contributed by atoms with E-state index in [9.17, 15) is 9.90 Å².